The quantitative estimate of drug-likeness (QED) is 0.659. The lowest BCUT2D eigenvalue weighted by molar-refractivity contribution is -0.122. The molecular formula is C10H19NO2. The lowest BCUT2D eigenvalue weighted by atomic mass is 10.1. The molecule has 0 spiro atoms. The van der Waals surface area contributed by atoms with Crippen LogP contribution in [0.5, 0.6) is 0 Å². The van der Waals surface area contributed by atoms with Gasteiger partial charge in [-0.3, -0.25) is 9.69 Å². The number of carbonyl (C=O) groups excluding carboxylic acids is 1. The zero-order chi connectivity index (χ0) is 9.90. The molecule has 1 fully saturated rings. The Morgan fingerprint density at radius 3 is 2.38 bits per heavy atom. The zero-order valence-electron chi connectivity index (χ0n) is 8.80. The van der Waals surface area contributed by atoms with E-state index in [0.717, 1.165) is 19.6 Å². The van der Waals surface area contributed by atoms with E-state index >= 15 is 0 Å². The average molecular weight is 185 g/mol. The number of Topliss-reactive ketones (excluding diaryl/α,β-unsaturated/α-hetero) is 1. The highest BCUT2D eigenvalue weighted by molar-refractivity contribution is 5.79. The van der Waals surface area contributed by atoms with Gasteiger partial charge in [0.25, 0.3) is 0 Å². The van der Waals surface area contributed by atoms with Gasteiger partial charge in [-0.05, 0) is 13.8 Å². The van der Waals surface area contributed by atoms with E-state index in [-0.39, 0.29) is 5.60 Å². The molecular weight excluding hydrogens is 166 g/mol. The Hall–Kier alpha value is -0.410. The second-order valence-corrected chi connectivity index (χ2v) is 4.28. The van der Waals surface area contributed by atoms with Crippen LogP contribution in [-0.2, 0) is 9.53 Å². The van der Waals surface area contributed by atoms with Crippen molar-refractivity contribution in [3.63, 3.8) is 0 Å². The molecule has 1 heterocycles. The molecule has 0 amide bonds. The molecule has 0 N–H and O–H groups in total. The van der Waals surface area contributed by atoms with Crippen LogP contribution in [0.2, 0.25) is 0 Å². The van der Waals surface area contributed by atoms with Crippen molar-refractivity contribution in [2.24, 2.45) is 0 Å². The van der Waals surface area contributed by atoms with Gasteiger partial charge in [0.05, 0.1) is 5.60 Å². The second kappa shape index (κ2) is 4.20. The third-order valence-electron chi connectivity index (χ3n) is 2.57. The summed E-state index contributed by atoms with van der Waals surface area (Å²) in [5.74, 6) is 0.395. The van der Waals surface area contributed by atoms with Gasteiger partial charge in [0, 0.05) is 39.6 Å². The van der Waals surface area contributed by atoms with Crippen LogP contribution in [0.3, 0.4) is 0 Å². The predicted molar refractivity (Wildman–Crippen MR) is 51.8 cm³/mol. The van der Waals surface area contributed by atoms with Gasteiger partial charge in [-0.25, -0.2) is 0 Å². The van der Waals surface area contributed by atoms with E-state index in [2.05, 4.69) is 18.7 Å². The largest absolute Gasteiger partial charge is 0.377 e. The molecule has 1 aliphatic heterocycles. The van der Waals surface area contributed by atoms with E-state index in [1.54, 1.807) is 7.11 Å². The van der Waals surface area contributed by atoms with E-state index in [0.29, 0.717) is 18.6 Å². The van der Waals surface area contributed by atoms with Crippen molar-refractivity contribution in [1.82, 2.24) is 4.90 Å². The minimum atomic E-state index is -0.0968. The molecule has 1 rings (SSSR count). The molecule has 0 unspecified atom stereocenters. The van der Waals surface area contributed by atoms with E-state index in [1.165, 1.54) is 0 Å². The standard InChI is InChI=1S/C10H19NO2/c1-10(2,13-3)8-11-6-4-9(12)5-7-11/h4-8H2,1-3H3. The van der Waals surface area contributed by atoms with Gasteiger partial charge in [-0.15, -0.1) is 0 Å². The summed E-state index contributed by atoms with van der Waals surface area (Å²) in [6.45, 7) is 6.85. The lowest BCUT2D eigenvalue weighted by Crippen LogP contribution is -2.44. The van der Waals surface area contributed by atoms with Crippen molar-refractivity contribution >= 4 is 5.78 Å². The molecule has 0 aromatic heterocycles. The Kier molecular flexibility index (Phi) is 3.45. The maximum Gasteiger partial charge on any atom is 0.135 e. The van der Waals surface area contributed by atoms with E-state index < -0.39 is 0 Å². The first-order valence-electron chi connectivity index (χ1n) is 4.83. The van der Waals surface area contributed by atoms with Crippen LogP contribution in [0.4, 0.5) is 0 Å². The summed E-state index contributed by atoms with van der Waals surface area (Å²) in [5, 5.41) is 0. The normalized spacial score (nSPS) is 20.7. The molecule has 76 valence electrons. The van der Waals surface area contributed by atoms with Crippen LogP contribution in [0.25, 0.3) is 0 Å². The number of hydrogen-bond donors (Lipinski definition) is 0. The third-order valence-corrected chi connectivity index (χ3v) is 2.57. The number of ketones is 1. The number of nitrogens with zero attached hydrogens (tertiary/aromatic N) is 1. The predicted octanol–water partition coefficient (Wildman–Crippen LogP) is 1.08. The molecule has 0 aromatic carbocycles. The van der Waals surface area contributed by atoms with Crippen molar-refractivity contribution in [3.8, 4) is 0 Å². The topological polar surface area (TPSA) is 29.5 Å². The number of ether oxygens (including phenoxy) is 1. The highest BCUT2D eigenvalue weighted by Gasteiger charge is 2.23. The van der Waals surface area contributed by atoms with Crippen LogP contribution in [0.1, 0.15) is 26.7 Å². The first-order chi connectivity index (χ1) is 6.03. The van der Waals surface area contributed by atoms with Gasteiger partial charge in [0.15, 0.2) is 0 Å². The van der Waals surface area contributed by atoms with Crippen LogP contribution in [-0.4, -0.2) is 43.0 Å². The summed E-state index contributed by atoms with van der Waals surface area (Å²) in [5.41, 5.74) is -0.0968. The summed E-state index contributed by atoms with van der Waals surface area (Å²) in [4.78, 5) is 13.3. The van der Waals surface area contributed by atoms with Gasteiger partial charge in [0.2, 0.25) is 0 Å². The monoisotopic (exact) mass is 185 g/mol. The maximum absolute atomic E-state index is 11.0. The fourth-order valence-corrected chi connectivity index (χ4v) is 1.56. The Bertz CT molecular complexity index is 179. The molecule has 1 aliphatic rings. The SMILES string of the molecule is COC(C)(C)CN1CCC(=O)CC1. The minimum Gasteiger partial charge on any atom is -0.377 e. The number of methoxy groups -OCH3 is 1. The molecule has 3 nitrogen and oxygen atoms in total. The van der Waals surface area contributed by atoms with Gasteiger partial charge < -0.3 is 4.74 Å². The Morgan fingerprint density at radius 1 is 1.38 bits per heavy atom. The molecule has 13 heavy (non-hydrogen) atoms. The second-order valence-electron chi connectivity index (χ2n) is 4.28. The summed E-state index contributed by atoms with van der Waals surface area (Å²) < 4.78 is 5.34. The fraction of sp³-hybridized carbons (Fsp3) is 0.900. The van der Waals surface area contributed by atoms with Crippen LogP contribution in [0.15, 0.2) is 0 Å². The molecule has 0 aromatic rings. The van der Waals surface area contributed by atoms with E-state index in [1.807, 2.05) is 0 Å². The third kappa shape index (κ3) is 3.44. The summed E-state index contributed by atoms with van der Waals surface area (Å²) in [6, 6.07) is 0. The molecule has 0 atom stereocenters. The van der Waals surface area contributed by atoms with Gasteiger partial charge in [-0.2, -0.15) is 0 Å². The van der Waals surface area contributed by atoms with E-state index in [4.69, 9.17) is 4.74 Å². The number of rotatable bonds is 3. The lowest BCUT2D eigenvalue weighted by Gasteiger charge is -2.33. The van der Waals surface area contributed by atoms with Crippen molar-refractivity contribution in [2.45, 2.75) is 32.3 Å². The van der Waals surface area contributed by atoms with Crippen LogP contribution >= 0.6 is 0 Å². The van der Waals surface area contributed by atoms with Crippen molar-refractivity contribution in [3.05, 3.63) is 0 Å². The maximum atomic E-state index is 11.0. The summed E-state index contributed by atoms with van der Waals surface area (Å²) in [7, 11) is 1.73. The van der Waals surface area contributed by atoms with Gasteiger partial charge in [0.1, 0.15) is 5.78 Å². The van der Waals surface area contributed by atoms with Crippen molar-refractivity contribution in [1.29, 1.82) is 0 Å². The number of carbonyl (C=O) groups is 1. The Labute approximate surface area is 80.1 Å². The molecule has 0 bridgehead atoms. The molecule has 1 saturated heterocycles. The molecule has 0 radical (unpaired) electrons. The smallest absolute Gasteiger partial charge is 0.135 e. The molecule has 3 heteroatoms. The average Bonchev–Trinajstić information content (AvgIpc) is 2.09. The van der Waals surface area contributed by atoms with Gasteiger partial charge in [-0.1, -0.05) is 0 Å². The Morgan fingerprint density at radius 2 is 1.92 bits per heavy atom. The van der Waals surface area contributed by atoms with Gasteiger partial charge >= 0.3 is 0 Å². The first-order valence-corrected chi connectivity index (χ1v) is 4.83. The number of hydrogen-bond acceptors (Lipinski definition) is 3. The van der Waals surface area contributed by atoms with Crippen LogP contribution in [0, 0.1) is 0 Å². The highest BCUT2D eigenvalue weighted by Crippen LogP contribution is 2.13. The van der Waals surface area contributed by atoms with Crippen molar-refractivity contribution in [2.75, 3.05) is 26.7 Å². The highest BCUT2D eigenvalue weighted by atomic mass is 16.5. The first kappa shape index (κ1) is 10.7. The zero-order valence-corrected chi connectivity index (χ0v) is 8.80. The summed E-state index contributed by atoms with van der Waals surface area (Å²) >= 11 is 0. The van der Waals surface area contributed by atoms with Crippen LogP contribution < -0.4 is 0 Å². The van der Waals surface area contributed by atoms with E-state index in [9.17, 15) is 4.79 Å². The molecule has 0 aliphatic carbocycles. The van der Waals surface area contributed by atoms with Crippen molar-refractivity contribution < 1.29 is 9.53 Å². The Balaban J connectivity index is 2.34. The fourth-order valence-electron chi connectivity index (χ4n) is 1.56. The number of piperidine rings is 1. The number of likely N-dealkylation sites (tertiary alicyclic amines) is 1. The summed E-state index contributed by atoms with van der Waals surface area (Å²) in [6.07, 6.45) is 1.42. The minimum absolute atomic E-state index is 0.0968. The molecule has 0 saturated carbocycles.